The first-order chi connectivity index (χ1) is 22.0. The lowest BCUT2D eigenvalue weighted by Crippen LogP contribution is -2.33. The number of hydrogen-bond acceptors (Lipinski definition) is 5. The summed E-state index contributed by atoms with van der Waals surface area (Å²) in [6.07, 6.45) is 0. The molecule has 2 N–H and O–H groups in total. The van der Waals surface area contributed by atoms with Gasteiger partial charge in [0.25, 0.3) is 0 Å². The van der Waals surface area contributed by atoms with Gasteiger partial charge in [0.15, 0.2) is 5.60 Å². The maximum Gasteiger partial charge on any atom is 0.340 e. The van der Waals surface area contributed by atoms with Crippen LogP contribution in [0, 0.1) is 0 Å². The molecule has 1 spiro atoms. The molecule has 0 saturated carbocycles. The molecule has 0 bridgehead atoms. The Morgan fingerprint density at radius 1 is 0.511 bits per heavy atom. The Balaban J connectivity index is 1.45. The smallest absolute Gasteiger partial charge is 0.340 e. The number of ether oxygens (including phenoxy) is 2. The van der Waals surface area contributed by atoms with Gasteiger partial charge in [0, 0.05) is 44.3 Å². The number of esters is 1. The van der Waals surface area contributed by atoms with Gasteiger partial charge in [-0.1, -0.05) is 84.9 Å². The van der Waals surface area contributed by atoms with Crippen LogP contribution in [0.25, 0.3) is 53.9 Å². The molecule has 212 valence electrons. The van der Waals surface area contributed by atoms with Crippen molar-refractivity contribution in [3.05, 3.63) is 144 Å². The van der Waals surface area contributed by atoms with E-state index in [9.17, 15) is 15.0 Å². The summed E-state index contributed by atoms with van der Waals surface area (Å²) in [4.78, 5) is 13.4. The van der Waals surface area contributed by atoms with Crippen LogP contribution in [0.4, 0.5) is 0 Å². The van der Waals surface area contributed by atoms with Crippen LogP contribution in [0.3, 0.4) is 0 Å². The number of aromatic hydroxyl groups is 2. The van der Waals surface area contributed by atoms with Crippen molar-refractivity contribution in [2.24, 2.45) is 0 Å². The second-order valence-corrected chi connectivity index (χ2v) is 11.9. The number of carbonyl (C=O) groups is 1. The van der Waals surface area contributed by atoms with Gasteiger partial charge < -0.3 is 19.7 Å². The van der Waals surface area contributed by atoms with Gasteiger partial charge in [-0.05, 0) is 62.6 Å². The Morgan fingerprint density at radius 2 is 1.09 bits per heavy atom. The number of carbonyl (C=O) groups excluding carboxylic acids is 1. The molecule has 0 unspecified atom stereocenters. The molecule has 5 heteroatoms. The van der Waals surface area contributed by atoms with Crippen LogP contribution >= 0.6 is 0 Å². The largest absolute Gasteiger partial charge is 0.508 e. The fourth-order valence-electron chi connectivity index (χ4n) is 7.73. The van der Waals surface area contributed by atoms with Gasteiger partial charge in [-0.2, -0.15) is 0 Å². The van der Waals surface area contributed by atoms with Gasteiger partial charge in [-0.15, -0.1) is 0 Å². The lowest BCUT2D eigenvalue weighted by molar-refractivity contribution is 0.0225. The number of phenolic OH excluding ortho intramolecular Hbond substituents is 2. The van der Waals surface area contributed by atoms with Crippen LogP contribution in [0.1, 0.15) is 27.0 Å². The molecule has 10 rings (SSSR count). The summed E-state index contributed by atoms with van der Waals surface area (Å²) in [5.74, 6) is 0.848. The normalized spacial score (nSPS) is 16.7. The van der Waals surface area contributed by atoms with Gasteiger partial charge in [0.2, 0.25) is 0 Å². The third-order valence-electron chi connectivity index (χ3n) is 9.61. The Labute approximate surface area is 256 Å². The van der Waals surface area contributed by atoms with Crippen molar-refractivity contribution in [2.75, 3.05) is 0 Å². The lowest BCUT2D eigenvalue weighted by atomic mass is 9.76. The molecule has 0 amide bonds. The molecule has 0 fully saturated rings. The topological polar surface area (TPSA) is 76.0 Å². The second-order valence-electron chi connectivity index (χ2n) is 11.9. The number of phenols is 2. The number of hydrogen-bond donors (Lipinski definition) is 2. The summed E-state index contributed by atoms with van der Waals surface area (Å²) in [6, 6.07) is 38.8. The monoisotopic (exact) mass is 582 g/mol. The number of benzene rings is 8. The van der Waals surface area contributed by atoms with Gasteiger partial charge in [-0.25, -0.2) is 4.79 Å². The highest BCUT2D eigenvalue weighted by Gasteiger charge is 2.53. The zero-order valence-electron chi connectivity index (χ0n) is 23.7. The summed E-state index contributed by atoms with van der Waals surface area (Å²) in [6.45, 7) is 0. The van der Waals surface area contributed by atoms with Gasteiger partial charge in [-0.3, -0.25) is 0 Å². The molecule has 0 saturated heterocycles. The van der Waals surface area contributed by atoms with Crippen molar-refractivity contribution >= 4 is 59.8 Å². The van der Waals surface area contributed by atoms with Crippen LogP contribution in [0.5, 0.6) is 23.0 Å². The highest BCUT2D eigenvalue weighted by Crippen LogP contribution is 2.59. The second kappa shape index (κ2) is 8.30. The summed E-state index contributed by atoms with van der Waals surface area (Å²) >= 11 is 0. The van der Waals surface area contributed by atoms with Crippen LogP contribution in [0.15, 0.2) is 121 Å². The minimum absolute atomic E-state index is 0.0495. The van der Waals surface area contributed by atoms with Crippen LogP contribution in [-0.2, 0) is 10.3 Å². The van der Waals surface area contributed by atoms with Crippen LogP contribution in [0.2, 0.25) is 0 Å². The molecule has 45 heavy (non-hydrogen) atoms. The molecule has 2 heterocycles. The van der Waals surface area contributed by atoms with E-state index in [1.54, 1.807) is 30.3 Å². The van der Waals surface area contributed by atoms with E-state index in [-0.39, 0.29) is 11.5 Å². The number of rotatable bonds is 0. The Hall–Kier alpha value is -6.07. The molecule has 2 aliphatic rings. The maximum absolute atomic E-state index is 13.4. The zero-order valence-corrected chi connectivity index (χ0v) is 23.7. The Bertz CT molecular complexity index is 2640. The third kappa shape index (κ3) is 2.99. The minimum atomic E-state index is -1.27. The van der Waals surface area contributed by atoms with E-state index >= 15 is 0 Å². The molecule has 0 aromatic heterocycles. The van der Waals surface area contributed by atoms with E-state index in [0.29, 0.717) is 28.2 Å². The highest BCUT2D eigenvalue weighted by atomic mass is 16.6. The Morgan fingerprint density at radius 3 is 1.82 bits per heavy atom. The van der Waals surface area contributed by atoms with Crippen molar-refractivity contribution in [2.45, 2.75) is 5.60 Å². The molecular weight excluding hydrogens is 560 g/mol. The lowest BCUT2D eigenvalue weighted by Gasteiger charge is -2.37. The first-order valence-corrected chi connectivity index (χ1v) is 14.8. The van der Waals surface area contributed by atoms with Gasteiger partial charge in [0.05, 0.1) is 5.56 Å². The quantitative estimate of drug-likeness (QED) is 0.138. The fraction of sp³-hybridized carbons (Fsp3) is 0.0250. The predicted molar refractivity (Wildman–Crippen MR) is 176 cm³/mol. The average Bonchev–Trinajstić information content (AvgIpc) is 3.36. The van der Waals surface area contributed by atoms with Crippen molar-refractivity contribution in [3.8, 4) is 23.0 Å². The summed E-state index contributed by atoms with van der Waals surface area (Å²) in [7, 11) is 0. The van der Waals surface area contributed by atoms with Crippen molar-refractivity contribution in [1.29, 1.82) is 0 Å². The molecule has 5 nitrogen and oxygen atoms in total. The molecule has 0 aliphatic carbocycles. The van der Waals surface area contributed by atoms with E-state index in [4.69, 9.17) is 9.47 Å². The highest BCUT2D eigenvalue weighted by molar-refractivity contribution is 6.33. The molecular formula is C40H22O5. The van der Waals surface area contributed by atoms with Crippen LogP contribution < -0.4 is 4.74 Å². The van der Waals surface area contributed by atoms with Crippen molar-refractivity contribution in [3.63, 3.8) is 0 Å². The molecule has 0 radical (unpaired) electrons. The first-order valence-electron chi connectivity index (χ1n) is 14.8. The summed E-state index contributed by atoms with van der Waals surface area (Å²) in [5.41, 5.74) is 1.33. The van der Waals surface area contributed by atoms with Gasteiger partial charge >= 0.3 is 5.97 Å². The Kier molecular flexibility index (Phi) is 4.50. The predicted octanol–water partition coefficient (Wildman–Crippen LogP) is 9.43. The molecule has 1 atom stereocenters. The minimum Gasteiger partial charge on any atom is -0.508 e. The molecule has 8 aromatic rings. The van der Waals surface area contributed by atoms with E-state index in [0.717, 1.165) is 59.4 Å². The van der Waals surface area contributed by atoms with Crippen LogP contribution in [-0.4, -0.2) is 16.2 Å². The first kappa shape index (κ1) is 24.4. The van der Waals surface area contributed by atoms with Gasteiger partial charge in [0.1, 0.15) is 23.0 Å². The maximum atomic E-state index is 13.4. The SMILES string of the molecule is O=C1O[C@@]2(c3ccc(O)cc3Oc3c2ccc2ccc4ccc5ccc6ccc7cccc(O)c7c6c5c4c32)c2ccccc21. The van der Waals surface area contributed by atoms with E-state index in [1.165, 1.54) is 0 Å². The number of fused-ring (bicyclic) bond motifs is 16. The zero-order chi connectivity index (χ0) is 30.0. The fourth-order valence-corrected chi connectivity index (χ4v) is 7.73. The molecule has 8 aromatic carbocycles. The van der Waals surface area contributed by atoms with Crippen molar-refractivity contribution < 1.29 is 24.5 Å². The summed E-state index contributed by atoms with van der Waals surface area (Å²) < 4.78 is 13.2. The molecule has 2 aliphatic heterocycles. The van der Waals surface area contributed by atoms with E-state index < -0.39 is 11.6 Å². The van der Waals surface area contributed by atoms with E-state index in [1.807, 2.05) is 42.5 Å². The van der Waals surface area contributed by atoms with Crippen molar-refractivity contribution in [1.82, 2.24) is 0 Å². The summed E-state index contributed by atoms with van der Waals surface area (Å²) in [5, 5.41) is 31.3. The van der Waals surface area contributed by atoms with E-state index in [2.05, 4.69) is 48.5 Å². The average molecular weight is 583 g/mol. The standard InChI is InChI=1S/C40H22O5/c41-26-17-19-29-32(20-26)44-38-30(40(29)28-6-2-1-5-27(28)39(43)45-40)18-16-25-15-14-24-13-12-23-11-10-22-9-8-21-4-3-7-31(42)33(21)34(22)35(23)36(24)37(25)38/h1-20,41-42H/t40-/m1/s1. The third-order valence-corrected chi connectivity index (χ3v) is 9.61.